The first-order chi connectivity index (χ1) is 22.9. The van der Waals surface area contributed by atoms with Crippen LogP contribution in [0.15, 0.2) is 33.7 Å². The molecule has 0 amide bonds. The van der Waals surface area contributed by atoms with Crippen molar-refractivity contribution in [1.82, 2.24) is 20.6 Å². The van der Waals surface area contributed by atoms with Gasteiger partial charge in [0.25, 0.3) is 0 Å². The van der Waals surface area contributed by atoms with Crippen molar-refractivity contribution in [3.63, 3.8) is 0 Å². The smallest absolute Gasteiger partial charge is 0.305 e. The molecule has 0 fully saturated rings. The molecule has 0 radical (unpaired) electrons. The molecule has 3 aliphatic heterocycles. The molecule has 0 aromatic carbocycles. The van der Waals surface area contributed by atoms with E-state index in [0.29, 0.717) is 12.8 Å². The van der Waals surface area contributed by atoms with Gasteiger partial charge in [0.1, 0.15) is 0 Å². The summed E-state index contributed by atoms with van der Waals surface area (Å²) in [6, 6.07) is -0.199. The van der Waals surface area contributed by atoms with Gasteiger partial charge in [0.2, 0.25) is 0 Å². The number of rotatable bonds is 10. The largest absolute Gasteiger partial charge is 0.469 e. The average molecular weight is 659 g/mol. The van der Waals surface area contributed by atoms with Crippen LogP contribution in [-0.4, -0.2) is 68.5 Å². The van der Waals surface area contributed by atoms with E-state index >= 15 is 0 Å². The number of esters is 2. The third-order valence-corrected chi connectivity index (χ3v) is 10.3. The van der Waals surface area contributed by atoms with Crippen LogP contribution in [0.4, 0.5) is 0 Å². The predicted molar refractivity (Wildman–Crippen MR) is 188 cm³/mol. The van der Waals surface area contributed by atoms with Crippen LogP contribution < -0.4 is 21.3 Å². The Morgan fingerprint density at radius 3 is 1.94 bits per heavy atom. The van der Waals surface area contributed by atoms with Gasteiger partial charge in [-0.1, -0.05) is 0 Å². The van der Waals surface area contributed by atoms with E-state index in [1.807, 2.05) is 0 Å². The van der Waals surface area contributed by atoms with Gasteiger partial charge in [-0.2, -0.15) is 0 Å². The van der Waals surface area contributed by atoms with Crippen molar-refractivity contribution < 1.29 is 28.5 Å². The van der Waals surface area contributed by atoms with E-state index in [0.717, 1.165) is 72.5 Å². The van der Waals surface area contributed by atoms with E-state index < -0.39 is 0 Å². The van der Waals surface area contributed by atoms with Gasteiger partial charge in [0.15, 0.2) is 0 Å². The number of fused-ring (bicyclic) bond motifs is 8. The van der Waals surface area contributed by atoms with Crippen LogP contribution in [0.5, 0.6) is 0 Å². The standard InChI is InChI=1S/C38H50N4O6/c1-19-25(11-13-35(43)47-9)31-18-32-26(12-14-36(44)48-10)20(2)28(40-32)16-33-38(24(6)46-8)22(4)30(42-33)17-34-37(23(5)45-7)21(3)29(41-34)15-27(19)39-31/h15-18,23-24,27,30,39-42H,11-14H2,1-10H3/b29-15-,31-18?,33-16-,34-17-. The number of aromatic nitrogens is 2. The molecule has 258 valence electrons. The number of nitrogens with one attached hydrogen (secondary N) is 4. The molecule has 0 aliphatic carbocycles. The highest BCUT2D eigenvalue weighted by atomic mass is 16.5. The molecule has 4 atom stereocenters. The number of ether oxygens (including phenoxy) is 4. The Morgan fingerprint density at radius 2 is 1.29 bits per heavy atom. The first-order valence-electron chi connectivity index (χ1n) is 16.6. The van der Waals surface area contributed by atoms with Crippen molar-refractivity contribution in [1.29, 1.82) is 0 Å². The quantitative estimate of drug-likeness (QED) is 0.279. The maximum Gasteiger partial charge on any atom is 0.305 e. The first-order valence-corrected chi connectivity index (χ1v) is 16.6. The van der Waals surface area contributed by atoms with Crippen LogP contribution in [0.1, 0.15) is 86.7 Å². The van der Waals surface area contributed by atoms with Crippen molar-refractivity contribution in [3.05, 3.63) is 78.0 Å². The summed E-state index contributed by atoms with van der Waals surface area (Å²) in [5.74, 6) is -0.515. The molecule has 0 spiro atoms. The third kappa shape index (κ3) is 6.69. The monoisotopic (exact) mass is 658 g/mol. The molecule has 4 N–H and O–H groups in total. The summed E-state index contributed by atoms with van der Waals surface area (Å²) in [6.07, 6.45) is 10.0. The SMILES string of the molecule is COC(=O)CCC1=C(C)C2/C=c3\[nH]/c(c(C(C)OC)c3C)=C\C3N/C(=C\c4[nH]c(c(CCC(=O)OC)c4C)C=C1N2)C(C(C)OC)=C3C. The summed E-state index contributed by atoms with van der Waals surface area (Å²) in [5, 5.41) is 9.54. The van der Waals surface area contributed by atoms with Crippen molar-refractivity contribution in [2.75, 3.05) is 28.4 Å². The molecule has 10 heteroatoms. The molecule has 8 bridgehead atoms. The number of hydrogen-bond acceptors (Lipinski definition) is 8. The zero-order valence-electron chi connectivity index (χ0n) is 29.9. The van der Waals surface area contributed by atoms with Crippen LogP contribution in [0.25, 0.3) is 24.3 Å². The van der Waals surface area contributed by atoms with E-state index in [1.54, 1.807) is 14.2 Å². The van der Waals surface area contributed by atoms with Crippen molar-refractivity contribution >= 4 is 36.2 Å². The van der Waals surface area contributed by atoms with Gasteiger partial charge in [-0.15, -0.1) is 0 Å². The number of H-pyrrole nitrogens is 2. The lowest BCUT2D eigenvalue weighted by molar-refractivity contribution is -0.141. The van der Waals surface area contributed by atoms with E-state index in [1.165, 1.54) is 19.8 Å². The minimum Gasteiger partial charge on any atom is -0.469 e. The second-order valence-corrected chi connectivity index (χ2v) is 12.9. The average Bonchev–Trinajstić information content (AvgIpc) is 3.74. The maximum absolute atomic E-state index is 12.3. The molecule has 48 heavy (non-hydrogen) atoms. The minimum absolute atomic E-state index is 0.0818. The molecule has 4 unspecified atom stereocenters. The van der Waals surface area contributed by atoms with Crippen molar-refractivity contribution in [3.8, 4) is 0 Å². The molecule has 0 saturated carbocycles. The topological polar surface area (TPSA) is 127 Å². The number of allylic oxidation sites excluding steroid dienone is 1. The molecule has 5 rings (SSSR count). The van der Waals surface area contributed by atoms with Gasteiger partial charge >= 0.3 is 11.9 Å². The summed E-state index contributed by atoms with van der Waals surface area (Å²) < 4.78 is 21.7. The van der Waals surface area contributed by atoms with E-state index in [-0.39, 0.29) is 49.1 Å². The van der Waals surface area contributed by atoms with Gasteiger partial charge in [0.05, 0.1) is 38.5 Å². The van der Waals surface area contributed by atoms with Gasteiger partial charge < -0.3 is 39.5 Å². The lowest BCUT2D eigenvalue weighted by atomic mass is 9.98. The zero-order chi connectivity index (χ0) is 34.9. The van der Waals surface area contributed by atoms with Crippen molar-refractivity contribution in [2.45, 2.75) is 91.5 Å². The molecule has 5 heterocycles. The highest BCUT2D eigenvalue weighted by molar-refractivity contribution is 5.74. The van der Waals surface area contributed by atoms with Crippen LogP contribution in [0.3, 0.4) is 0 Å². The van der Waals surface area contributed by atoms with Gasteiger partial charge in [-0.3, -0.25) is 9.59 Å². The Hall–Kier alpha value is -4.28. The summed E-state index contributed by atoms with van der Waals surface area (Å²) in [4.78, 5) is 32.0. The van der Waals surface area contributed by atoms with Crippen LogP contribution >= 0.6 is 0 Å². The second-order valence-electron chi connectivity index (χ2n) is 12.9. The lowest BCUT2D eigenvalue weighted by Crippen LogP contribution is -2.27. The van der Waals surface area contributed by atoms with E-state index in [9.17, 15) is 9.59 Å². The number of aromatic amines is 2. The number of methoxy groups -OCH3 is 4. The molecule has 10 nitrogen and oxygen atoms in total. The number of hydrogen-bond donors (Lipinski definition) is 4. The Labute approximate surface area is 283 Å². The second kappa shape index (κ2) is 14.5. The molecule has 0 saturated heterocycles. The summed E-state index contributed by atoms with van der Waals surface area (Å²) in [6.45, 7) is 12.6. The highest BCUT2D eigenvalue weighted by Gasteiger charge is 2.31. The normalized spacial score (nSPS) is 22.4. The fourth-order valence-corrected chi connectivity index (χ4v) is 7.21. The lowest BCUT2D eigenvalue weighted by Gasteiger charge is -2.14. The van der Waals surface area contributed by atoms with Crippen LogP contribution in [0, 0.1) is 13.8 Å². The summed E-state index contributed by atoms with van der Waals surface area (Å²) in [7, 11) is 6.30. The minimum atomic E-state index is -0.260. The first kappa shape index (κ1) is 35.0. The van der Waals surface area contributed by atoms with E-state index in [4.69, 9.17) is 18.9 Å². The fourth-order valence-electron chi connectivity index (χ4n) is 7.21. The molecular formula is C38H50N4O6. The summed E-state index contributed by atoms with van der Waals surface area (Å²) >= 11 is 0. The van der Waals surface area contributed by atoms with Gasteiger partial charge in [-0.05, 0) is 112 Å². The Morgan fingerprint density at radius 1 is 0.708 bits per heavy atom. The molecule has 2 aromatic heterocycles. The predicted octanol–water partition coefficient (Wildman–Crippen LogP) is 4.29. The van der Waals surface area contributed by atoms with Gasteiger partial charge in [0, 0.05) is 71.7 Å². The Kier molecular flexibility index (Phi) is 10.6. The van der Waals surface area contributed by atoms with Crippen LogP contribution in [0.2, 0.25) is 0 Å². The van der Waals surface area contributed by atoms with Crippen molar-refractivity contribution in [2.24, 2.45) is 0 Å². The Bertz CT molecular complexity index is 1850. The molecule has 3 aliphatic rings. The maximum atomic E-state index is 12.3. The van der Waals surface area contributed by atoms with Crippen LogP contribution in [-0.2, 0) is 35.0 Å². The third-order valence-electron chi connectivity index (χ3n) is 10.3. The zero-order valence-corrected chi connectivity index (χ0v) is 29.9. The number of carbonyl (C=O) groups is 2. The molecular weight excluding hydrogens is 608 g/mol. The van der Waals surface area contributed by atoms with Gasteiger partial charge in [-0.25, -0.2) is 0 Å². The molecule has 2 aromatic rings. The van der Waals surface area contributed by atoms with E-state index in [2.05, 4.69) is 86.4 Å². The highest BCUT2D eigenvalue weighted by Crippen LogP contribution is 2.35. The number of carbonyl (C=O) groups excluding carboxylic acids is 2. The fraction of sp³-hybridized carbons (Fsp3) is 0.474. The Balaban J connectivity index is 1.80. The summed E-state index contributed by atoms with van der Waals surface area (Å²) in [5.41, 5.74) is 12.6.